The van der Waals surface area contributed by atoms with Crippen LogP contribution in [-0.2, 0) is 0 Å². The lowest BCUT2D eigenvalue weighted by atomic mass is 9.84. The molecule has 0 aromatic carbocycles. The molecule has 4 heteroatoms. The quantitative estimate of drug-likeness (QED) is 0.848. The van der Waals surface area contributed by atoms with Crippen LogP contribution in [0.3, 0.4) is 0 Å². The molecular weight excluding hydrogens is 284 g/mol. The summed E-state index contributed by atoms with van der Waals surface area (Å²) in [5.41, 5.74) is 6.20. The third kappa shape index (κ3) is 2.66. The first-order chi connectivity index (χ1) is 11.3. The first kappa shape index (κ1) is 13.8. The van der Waals surface area contributed by atoms with Crippen molar-refractivity contribution in [3.05, 3.63) is 70.9 Å². The third-order valence-electron chi connectivity index (χ3n) is 4.56. The lowest BCUT2D eigenvalue weighted by molar-refractivity contribution is 0.562. The predicted octanol–water partition coefficient (Wildman–Crippen LogP) is 3.76. The van der Waals surface area contributed by atoms with Crippen molar-refractivity contribution in [1.29, 1.82) is 5.26 Å². The molecule has 4 rings (SSSR count). The summed E-state index contributed by atoms with van der Waals surface area (Å²) in [7, 11) is 0. The molecule has 0 radical (unpaired) electrons. The van der Waals surface area contributed by atoms with Gasteiger partial charge in [-0.05, 0) is 49.1 Å². The Morgan fingerprint density at radius 2 is 2.09 bits per heavy atom. The highest BCUT2D eigenvalue weighted by Gasteiger charge is 2.28. The maximum atomic E-state index is 9.02. The molecular formula is C19H16N4. The van der Waals surface area contributed by atoms with Crippen LogP contribution >= 0.6 is 0 Å². The van der Waals surface area contributed by atoms with E-state index in [1.165, 1.54) is 11.3 Å². The molecule has 112 valence electrons. The number of rotatable bonds is 2. The van der Waals surface area contributed by atoms with Crippen LogP contribution in [0.5, 0.6) is 0 Å². The van der Waals surface area contributed by atoms with Gasteiger partial charge in [0.25, 0.3) is 0 Å². The van der Waals surface area contributed by atoms with E-state index >= 15 is 0 Å². The number of nitriles is 1. The SMILES string of the molecule is N#Cc1cccc(C2CCC3=C(C2)N=C(c2ccccn2)C3)n1. The average molecular weight is 300 g/mol. The summed E-state index contributed by atoms with van der Waals surface area (Å²) in [5, 5.41) is 9.02. The summed E-state index contributed by atoms with van der Waals surface area (Å²) >= 11 is 0. The molecule has 0 amide bonds. The van der Waals surface area contributed by atoms with Crippen LogP contribution < -0.4 is 0 Å². The molecule has 0 fully saturated rings. The number of aromatic nitrogens is 2. The average Bonchev–Trinajstić information content (AvgIpc) is 3.06. The summed E-state index contributed by atoms with van der Waals surface area (Å²) in [5.74, 6) is 0.355. The Balaban J connectivity index is 1.57. The van der Waals surface area contributed by atoms with Gasteiger partial charge in [0.15, 0.2) is 0 Å². The first-order valence-corrected chi connectivity index (χ1v) is 7.90. The molecule has 0 saturated heterocycles. The van der Waals surface area contributed by atoms with Gasteiger partial charge in [0.05, 0.1) is 11.4 Å². The Morgan fingerprint density at radius 3 is 2.91 bits per heavy atom. The summed E-state index contributed by atoms with van der Waals surface area (Å²) in [6, 6.07) is 13.8. The van der Waals surface area contributed by atoms with Gasteiger partial charge in [-0.15, -0.1) is 0 Å². The minimum atomic E-state index is 0.355. The molecule has 23 heavy (non-hydrogen) atoms. The molecule has 1 atom stereocenters. The Kier molecular flexibility index (Phi) is 3.47. The predicted molar refractivity (Wildman–Crippen MR) is 88.0 cm³/mol. The summed E-state index contributed by atoms with van der Waals surface area (Å²) in [6.07, 6.45) is 5.78. The monoisotopic (exact) mass is 300 g/mol. The lowest BCUT2D eigenvalue weighted by Crippen LogP contribution is -2.09. The van der Waals surface area contributed by atoms with Gasteiger partial charge in [-0.25, -0.2) is 4.98 Å². The van der Waals surface area contributed by atoms with Gasteiger partial charge < -0.3 is 0 Å². The van der Waals surface area contributed by atoms with Gasteiger partial charge in [-0.1, -0.05) is 12.1 Å². The number of hydrogen-bond acceptors (Lipinski definition) is 4. The Morgan fingerprint density at radius 1 is 1.13 bits per heavy atom. The topological polar surface area (TPSA) is 61.9 Å². The molecule has 2 aromatic heterocycles. The van der Waals surface area contributed by atoms with Gasteiger partial charge in [0.1, 0.15) is 11.8 Å². The van der Waals surface area contributed by atoms with Crippen LogP contribution in [0.15, 0.2) is 58.9 Å². The van der Waals surface area contributed by atoms with Crippen molar-refractivity contribution in [3.8, 4) is 6.07 Å². The highest BCUT2D eigenvalue weighted by atomic mass is 14.8. The molecule has 0 N–H and O–H groups in total. The lowest BCUT2D eigenvalue weighted by Gasteiger charge is -2.22. The summed E-state index contributed by atoms with van der Waals surface area (Å²) < 4.78 is 0. The zero-order chi connectivity index (χ0) is 15.6. The van der Waals surface area contributed by atoms with E-state index < -0.39 is 0 Å². The van der Waals surface area contributed by atoms with Crippen molar-refractivity contribution in [2.75, 3.05) is 0 Å². The summed E-state index contributed by atoms with van der Waals surface area (Å²) in [4.78, 5) is 13.7. The highest BCUT2D eigenvalue weighted by Crippen LogP contribution is 2.40. The standard InChI is InChI=1S/C19H16N4/c20-12-15-4-3-6-16(22-15)13-7-8-14-11-19(23-18(14)10-13)17-5-1-2-9-21-17/h1-6,9,13H,7-8,10-11H2. The van der Waals surface area contributed by atoms with Gasteiger partial charge in [-0.3, -0.25) is 9.98 Å². The molecule has 2 aliphatic rings. The van der Waals surface area contributed by atoms with E-state index in [4.69, 9.17) is 10.3 Å². The van der Waals surface area contributed by atoms with Gasteiger partial charge in [0.2, 0.25) is 0 Å². The molecule has 0 saturated carbocycles. The van der Waals surface area contributed by atoms with Gasteiger partial charge in [0, 0.05) is 29.9 Å². The smallest absolute Gasteiger partial charge is 0.140 e. The molecule has 1 aliphatic heterocycles. The second-order valence-corrected chi connectivity index (χ2v) is 6.00. The van der Waals surface area contributed by atoms with E-state index in [9.17, 15) is 0 Å². The van der Waals surface area contributed by atoms with Crippen molar-refractivity contribution in [2.24, 2.45) is 4.99 Å². The van der Waals surface area contributed by atoms with E-state index in [-0.39, 0.29) is 0 Å². The van der Waals surface area contributed by atoms with E-state index in [1.807, 2.05) is 36.5 Å². The van der Waals surface area contributed by atoms with E-state index in [2.05, 4.69) is 16.0 Å². The van der Waals surface area contributed by atoms with Crippen LogP contribution in [0.2, 0.25) is 0 Å². The van der Waals surface area contributed by atoms with Crippen LogP contribution in [-0.4, -0.2) is 15.7 Å². The Bertz CT molecular complexity index is 843. The molecule has 2 aromatic rings. The second-order valence-electron chi connectivity index (χ2n) is 6.00. The first-order valence-electron chi connectivity index (χ1n) is 7.90. The maximum Gasteiger partial charge on any atom is 0.140 e. The van der Waals surface area contributed by atoms with Gasteiger partial charge >= 0.3 is 0 Å². The van der Waals surface area contributed by atoms with E-state index in [0.717, 1.165) is 42.8 Å². The number of hydrogen-bond donors (Lipinski definition) is 0. The fourth-order valence-electron chi connectivity index (χ4n) is 3.37. The fraction of sp³-hybridized carbons (Fsp3) is 0.263. The minimum Gasteiger partial charge on any atom is -0.255 e. The molecule has 3 heterocycles. The highest BCUT2D eigenvalue weighted by molar-refractivity contribution is 6.02. The number of nitrogens with zero attached hydrogens (tertiary/aromatic N) is 4. The van der Waals surface area contributed by atoms with E-state index in [0.29, 0.717) is 11.6 Å². The van der Waals surface area contributed by atoms with Crippen LogP contribution in [0.4, 0.5) is 0 Å². The maximum absolute atomic E-state index is 9.02. The van der Waals surface area contributed by atoms with E-state index in [1.54, 1.807) is 6.07 Å². The van der Waals surface area contributed by atoms with Crippen molar-refractivity contribution >= 4 is 5.71 Å². The Hall–Kier alpha value is -2.80. The van der Waals surface area contributed by atoms with Crippen molar-refractivity contribution in [1.82, 2.24) is 9.97 Å². The van der Waals surface area contributed by atoms with Crippen LogP contribution in [0, 0.1) is 11.3 Å². The van der Waals surface area contributed by atoms with Crippen molar-refractivity contribution in [2.45, 2.75) is 31.6 Å². The van der Waals surface area contributed by atoms with Crippen LogP contribution in [0.1, 0.15) is 48.7 Å². The number of allylic oxidation sites excluding steroid dienone is 2. The zero-order valence-electron chi connectivity index (χ0n) is 12.7. The van der Waals surface area contributed by atoms with Crippen molar-refractivity contribution in [3.63, 3.8) is 0 Å². The minimum absolute atomic E-state index is 0.355. The largest absolute Gasteiger partial charge is 0.255 e. The number of aliphatic imine (C=N–C) groups is 1. The zero-order valence-corrected chi connectivity index (χ0v) is 12.7. The molecule has 0 bridgehead atoms. The molecule has 1 aliphatic carbocycles. The second kappa shape index (κ2) is 5.77. The number of pyridine rings is 2. The van der Waals surface area contributed by atoms with Crippen molar-refractivity contribution < 1.29 is 0 Å². The van der Waals surface area contributed by atoms with Gasteiger partial charge in [-0.2, -0.15) is 5.26 Å². The fourth-order valence-corrected chi connectivity index (χ4v) is 3.37. The summed E-state index contributed by atoms with van der Waals surface area (Å²) in [6.45, 7) is 0. The third-order valence-corrected chi connectivity index (χ3v) is 4.56. The van der Waals surface area contributed by atoms with Crippen LogP contribution in [0.25, 0.3) is 0 Å². The Labute approximate surface area is 135 Å². The molecule has 0 spiro atoms. The molecule has 1 unspecified atom stereocenters. The normalized spacial score (nSPS) is 20.0. The molecule has 4 nitrogen and oxygen atoms in total.